The Hall–Kier alpha value is -0.240. The molecule has 0 aliphatic carbocycles. The molecule has 74 valence electrons. The van der Waals surface area contributed by atoms with Crippen molar-refractivity contribution >= 4 is 0 Å². The molecule has 0 fully saturated rings. The van der Waals surface area contributed by atoms with E-state index in [0.717, 1.165) is 0 Å². The number of aliphatic hydroxyl groups is 5. The first kappa shape index (κ1) is 11.8. The van der Waals surface area contributed by atoms with Crippen LogP contribution in [0, 0.1) is 0 Å². The third-order valence-electron chi connectivity index (χ3n) is 1.57. The van der Waals surface area contributed by atoms with Gasteiger partial charge in [0.05, 0.1) is 12.7 Å². The molecule has 0 spiro atoms. The lowest BCUT2D eigenvalue weighted by molar-refractivity contribution is -0.112. The third kappa shape index (κ3) is 3.02. The van der Waals surface area contributed by atoms with Gasteiger partial charge in [0.25, 0.3) is 0 Å². The van der Waals surface area contributed by atoms with Crippen molar-refractivity contribution in [1.29, 1.82) is 0 Å². The van der Waals surface area contributed by atoms with E-state index in [9.17, 15) is 0 Å². The van der Waals surface area contributed by atoms with E-state index in [2.05, 4.69) is 0 Å². The van der Waals surface area contributed by atoms with E-state index in [1.165, 1.54) is 0 Å². The molecule has 0 heterocycles. The lowest BCUT2D eigenvalue weighted by Crippen LogP contribution is -2.48. The number of rotatable bonds is 5. The molecule has 0 aromatic carbocycles. The highest BCUT2D eigenvalue weighted by atomic mass is 16.4. The molecular formula is C6H15NO5. The van der Waals surface area contributed by atoms with Gasteiger partial charge in [-0.3, -0.25) is 0 Å². The highest BCUT2D eigenvalue weighted by molar-refractivity contribution is 4.80. The monoisotopic (exact) mass is 181 g/mol. The van der Waals surface area contributed by atoms with Gasteiger partial charge < -0.3 is 31.3 Å². The minimum Gasteiger partial charge on any atom is -0.394 e. The Morgan fingerprint density at radius 2 is 1.33 bits per heavy atom. The van der Waals surface area contributed by atoms with E-state index in [1.54, 1.807) is 0 Å². The highest BCUT2D eigenvalue weighted by Crippen LogP contribution is 2.03. The fourth-order valence-corrected chi connectivity index (χ4v) is 0.703. The zero-order valence-corrected chi connectivity index (χ0v) is 6.54. The first-order chi connectivity index (χ1) is 5.54. The summed E-state index contributed by atoms with van der Waals surface area (Å²) in [5.74, 6) is 0. The molecule has 0 aliphatic rings. The maximum absolute atomic E-state index is 9.04. The second-order valence-corrected chi connectivity index (χ2v) is 2.53. The molecule has 0 amide bonds. The van der Waals surface area contributed by atoms with Crippen LogP contribution in [-0.4, -0.2) is 63.1 Å². The second-order valence-electron chi connectivity index (χ2n) is 2.53. The van der Waals surface area contributed by atoms with Crippen molar-refractivity contribution in [3.05, 3.63) is 0 Å². The van der Waals surface area contributed by atoms with Crippen LogP contribution in [0.25, 0.3) is 0 Å². The zero-order valence-electron chi connectivity index (χ0n) is 6.54. The molecule has 0 aromatic rings. The SMILES string of the molecule is NCC(O)[C@@H](O)C(O)[C@H](O)CO. The summed E-state index contributed by atoms with van der Waals surface area (Å²) in [4.78, 5) is 0. The van der Waals surface area contributed by atoms with Crippen LogP contribution in [-0.2, 0) is 0 Å². The summed E-state index contributed by atoms with van der Waals surface area (Å²) >= 11 is 0. The van der Waals surface area contributed by atoms with Gasteiger partial charge in [0.2, 0.25) is 0 Å². The molecule has 7 N–H and O–H groups in total. The normalized spacial score (nSPS) is 21.5. The van der Waals surface area contributed by atoms with Crippen molar-refractivity contribution in [3.8, 4) is 0 Å². The highest BCUT2D eigenvalue weighted by Gasteiger charge is 2.28. The van der Waals surface area contributed by atoms with E-state index < -0.39 is 31.0 Å². The molecule has 0 saturated heterocycles. The third-order valence-corrected chi connectivity index (χ3v) is 1.57. The summed E-state index contributed by atoms with van der Waals surface area (Å²) in [5, 5.41) is 44.2. The average molecular weight is 181 g/mol. The fraction of sp³-hybridized carbons (Fsp3) is 1.00. The van der Waals surface area contributed by atoms with Crippen LogP contribution in [0.4, 0.5) is 0 Å². The van der Waals surface area contributed by atoms with Crippen LogP contribution in [0.3, 0.4) is 0 Å². The van der Waals surface area contributed by atoms with Crippen LogP contribution in [0.2, 0.25) is 0 Å². The fourth-order valence-electron chi connectivity index (χ4n) is 0.703. The van der Waals surface area contributed by atoms with Gasteiger partial charge in [-0.05, 0) is 0 Å². The van der Waals surface area contributed by atoms with Gasteiger partial charge in [-0.15, -0.1) is 0 Å². The Morgan fingerprint density at radius 3 is 1.67 bits per heavy atom. The van der Waals surface area contributed by atoms with Crippen molar-refractivity contribution < 1.29 is 25.5 Å². The predicted molar refractivity (Wildman–Crippen MR) is 40.2 cm³/mol. The summed E-state index contributed by atoms with van der Waals surface area (Å²) in [6.45, 7) is -0.911. The molecule has 0 radical (unpaired) electrons. The van der Waals surface area contributed by atoms with Crippen LogP contribution in [0.1, 0.15) is 0 Å². The van der Waals surface area contributed by atoms with Crippen molar-refractivity contribution in [1.82, 2.24) is 0 Å². The number of nitrogens with two attached hydrogens (primary N) is 1. The van der Waals surface area contributed by atoms with E-state index in [0.29, 0.717) is 0 Å². The maximum Gasteiger partial charge on any atom is 0.111 e. The Labute approximate surface area is 69.9 Å². The topological polar surface area (TPSA) is 127 Å². The largest absolute Gasteiger partial charge is 0.394 e. The number of aliphatic hydroxyl groups excluding tert-OH is 5. The molecule has 12 heavy (non-hydrogen) atoms. The van der Waals surface area contributed by atoms with Gasteiger partial charge in [-0.25, -0.2) is 0 Å². The lowest BCUT2D eigenvalue weighted by atomic mass is 10.0. The quantitative estimate of drug-likeness (QED) is 0.260. The Morgan fingerprint density at radius 1 is 0.917 bits per heavy atom. The van der Waals surface area contributed by atoms with Gasteiger partial charge in [-0.1, -0.05) is 0 Å². The second kappa shape index (κ2) is 5.41. The van der Waals surface area contributed by atoms with Gasteiger partial charge in [0.1, 0.15) is 18.3 Å². The van der Waals surface area contributed by atoms with Crippen LogP contribution in [0.5, 0.6) is 0 Å². The summed E-state index contributed by atoms with van der Waals surface area (Å²) in [5.41, 5.74) is 4.99. The van der Waals surface area contributed by atoms with Gasteiger partial charge in [0, 0.05) is 6.54 Å². The summed E-state index contributed by atoms with van der Waals surface area (Å²) in [6, 6.07) is 0. The standard InChI is InChI=1S/C6H15NO5/c7-1-3(9)5(11)6(12)4(10)2-8/h3-6,8-12H,1-2,7H2/t3?,4-,5-,6?/m1/s1. The molecule has 0 saturated carbocycles. The molecule has 0 aromatic heterocycles. The van der Waals surface area contributed by atoms with Crippen LogP contribution < -0.4 is 5.73 Å². The molecule has 6 heteroatoms. The summed E-state index contributed by atoms with van der Waals surface area (Å²) in [7, 11) is 0. The summed E-state index contributed by atoms with van der Waals surface area (Å²) in [6.07, 6.45) is -5.91. The smallest absolute Gasteiger partial charge is 0.111 e. The van der Waals surface area contributed by atoms with Crippen LogP contribution in [0.15, 0.2) is 0 Å². The molecule has 0 aliphatic heterocycles. The predicted octanol–water partition coefficient (Wildman–Crippen LogP) is -3.62. The molecule has 6 nitrogen and oxygen atoms in total. The zero-order chi connectivity index (χ0) is 9.72. The van der Waals surface area contributed by atoms with Gasteiger partial charge in [-0.2, -0.15) is 0 Å². The minimum atomic E-state index is -1.59. The van der Waals surface area contributed by atoms with Crippen molar-refractivity contribution in [2.75, 3.05) is 13.2 Å². The average Bonchev–Trinajstić information content (AvgIpc) is 2.12. The number of hydrogen-bond donors (Lipinski definition) is 6. The lowest BCUT2D eigenvalue weighted by Gasteiger charge is -2.24. The molecule has 2 unspecified atom stereocenters. The minimum absolute atomic E-state index is 0.226. The van der Waals surface area contributed by atoms with Crippen molar-refractivity contribution in [3.63, 3.8) is 0 Å². The van der Waals surface area contributed by atoms with Gasteiger partial charge in [0.15, 0.2) is 0 Å². The van der Waals surface area contributed by atoms with Crippen LogP contribution >= 0.6 is 0 Å². The molecule has 0 bridgehead atoms. The Balaban J connectivity index is 3.99. The maximum atomic E-state index is 9.04. The van der Waals surface area contributed by atoms with E-state index in [1.807, 2.05) is 0 Å². The number of hydrogen-bond acceptors (Lipinski definition) is 6. The Bertz CT molecular complexity index is 109. The van der Waals surface area contributed by atoms with E-state index >= 15 is 0 Å². The first-order valence-corrected chi connectivity index (χ1v) is 3.57. The molecule has 4 atom stereocenters. The molecule has 0 rings (SSSR count). The summed E-state index contributed by atoms with van der Waals surface area (Å²) < 4.78 is 0. The van der Waals surface area contributed by atoms with E-state index in [-0.39, 0.29) is 6.54 Å². The van der Waals surface area contributed by atoms with E-state index in [4.69, 9.17) is 31.3 Å². The van der Waals surface area contributed by atoms with Gasteiger partial charge >= 0.3 is 0 Å². The molecular weight excluding hydrogens is 166 g/mol. The Kier molecular flexibility index (Phi) is 5.31. The van der Waals surface area contributed by atoms with Crippen molar-refractivity contribution in [2.24, 2.45) is 5.73 Å². The van der Waals surface area contributed by atoms with Crippen molar-refractivity contribution in [2.45, 2.75) is 24.4 Å². The first-order valence-electron chi connectivity index (χ1n) is 3.57.